The van der Waals surface area contributed by atoms with Gasteiger partial charge in [-0.3, -0.25) is 4.98 Å². The summed E-state index contributed by atoms with van der Waals surface area (Å²) in [7, 11) is 0. The number of nitrogens with zero attached hydrogens (tertiary/aromatic N) is 1. The Bertz CT molecular complexity index is 762. The molecule has 0 aliphatic carbocycles. The van der Waals surface area contributed by atoms with E-state index in [2.05, 4.69) is 4.98 Å². The highest BCUT2D eigenvalue weighted by Gasteiger charge is 2.27. The zero-order valence-electron chi connectivity index (χ0n) is 11.7. The Morgan fingerprint density at radius 1 is 1.00 bits per heavy atom. The first kappa shape index (κ1) is 12.8. The van der Waals surface area contributed by atoms with Crippen LogP contribution in [-0.2, 0) is 5.60 Å². The minimum absolute atomic E-state index is 0.882. The van der Waals surface area contributed by atoms with Gasteiger partial charge in [-0.1, -0.05) is 36.4 Å². The molecule has 3 rings (SSSR count). The Labute approximate surface area is 118 Å². The van der Waals surface area contributed by atoms with Gasteiger partial charge in [0.25, 0.3) is 0 Å². The molecule has 1 N–H and O–H groups in total. The van der Waals surface area contributed by atoms with E-state index >= 15 is 0 Å². The molecule has 1 unspecified atom stereocenters. The van der Waals surface area contributed by atoms with Crippen LogP contribution in [0.5, 0.6) is 0 Å². The molecule has 0 aliphatic rings. The average Bonchev–Trinajstić information content (AvgIpc) is 2.47. The summed E-state index contributed by atoms with van der Waals surface area (Å²) in [4.78, 5) is 4.31. The number of aliphatic hydroxyl groups is 1. The van der Waals surface area contributed by atoms with Gasteiger partial charge in [-0.15, -0.1) is 0 Å². The van der Waals surface area contributed by atoms with Crippen LogP contribution in [0.15, 0.2) is 60.8 Å². The van der Waals surface area contributed by atoms with E-state index < -0.39 is 5.60 Å². The molecule has 0 bridgehead atoms. The molecule has 2 heteroatoms. The summed E-state index contributed by atoms with van der Waals surface area (Å²) in [5.41, 5.74) is 2.84. The number of aryl methyl sites for hydroxylation is 1. The Morgan fingerprint density at radius 2 is 1.80 bits per heavy atom. The van der Waals surface area contributed by atoms with Crippen molar-refractivity contribution in [2.75, 3.05) is 0 Å². The van der Waals surface area contributed by atoms with E-state index in [1.165, 1.54) is 0 Å². The lowest BCUT2D eigenvalue weighted by molar-refractivity contribution is 0.102. The topological polar surface area (TPSA) is 33.1 Å². The average molecular weight is 263 g/mol. The molecule has 0 radical (unpaired) electrons. The van der Waals surface area contributed by atoms with Crippen LogP contribution in [-0.4, -0.2) is 10.1 Å². The normalized spacial score (nSPS) is 14.2. The first-order valence-electron chi connectivity index (χ1n) is 6.73. The van der Waals surface area contributed by atoms with Crippen molar-refractivity contribution in [1.29, 1.82) is 0 Å². The molecule has 1 heterocycles. The van der Waals surface area contributed by atoms with E-state index in [1.807, 2.05) is 68.4 Å². The molecule has 0 fully saturated rings. The number of hydrogen-bond acceptors (Lipinski definition) is 2. The first-order chi connectivity index (χ1) is 9.59. The van der Waals surface area contributed by atoms with Gasteiger partial charge in [0, 0.05) is 11.6 Å². The number of rotatable bonds is 2. The Kier molecular flexibility index (Phi) is 3.03. The van der Waals surface area contributed by atoms with Crippen molar-refractivity contribution in [3.63, 3.8) is 0 Å². The molecule has 0 amide bonds. The number of pyridine rings is 1. The monoisotopic (exact) mass is 263 g/mol. The molecule has 1 atom stereocenters. The fourth-order valence-corrected chi connectivity index (χ4v) is 2.65. The standard InChI is InChI=1S/C18H17NO/c1-13-6-3-4-8-16(13)18(2,20)15-9-10-17-14(12-15)7-5-11-19-17/h3-12,20H,1-2H3. The third-order valence-corrected chi connectivity index (χ3v) is 3.83. The van der Waals surface area contributed by atoms with Crippen LogP contribution >= 0.6 is 0 Å². The predicted octanol–water partition coefficient (Wildman–Crippen LogP) is 3.80. The van der Waals surface area contributed by atoms with Crippen LogP contribution in [0.1, 0.15) is 23.6 Å². The van der Waals surface area contributed by atoms with Crippen molar-refractivity contribution in [3.8, 4) is 0 Å². The van der Waals surface area contributed by atoms with E-state index in [1.54, 1.807) is 6.20 Å². The lowest BCUT2D eigenvalue weighted by Gasteiger charge is -2.26. The highest BCUT2D eigenvalue weighted by Crippen LogP contribution is 2.32. The van der Waals surface area contributed by atoms with Crippen molar-refractivity contribution in [2.45, 2.75) is 19.4 Å². The van der Waals surface area contributed by atoms with Crippen molar-refractivity contribution < 1.29 is 5.11 Å². The number of benzene rings is 2. The van der Waals surface area contributed by atoms with Crippen LogP contribution in [0.4, 0.5) is 0 Å². The minimum Gasteiger partial charge on any atom is -0.381 e. The molecule has 100 valence electrons. The second-order valence-electron chi connectivity index (χ2n) is 5.30. The van der Waals surface area contributed by atoms with Gasteiger partial charge < -0.3 is 5.11 Å². The molecule has 0 aliphatic heterocycles. The van der Waals surface area contributed by atoms with Gasteiger partial charge in [0.15, 0.2) is 0 Å². The molecule has 20 heavy (non-hydrogen) atoms. The van der Waals surface area contributed by atoms with Gasteiger partial charge in [-0.25, -0.2) is 0 Å². The molecule has 2 aromatic carbocycles. The third-order valence-electron chi connectivity index (χ3n) is 3.83. The summed E-state index contributed by atoms with van der Waals surface area (Å²) in [6.45, 7) is 3.86. The van der Waals surface area contributed by atoms with Crippen molar-refractivity contribution in [3.05, 3.63) is 77.5 Å². The summed E-state index contributed by atoms with van der Waals surface area (Å²) in [5.74, 6) is 0. The lowest BCUT2D eigenvalue weighted by atomic mass is 9.85. The molecule has 1 aromatic heterocycles. The molecule has 0 saturated heterocycles. The SMILES string of the molecule is Cc1ccccc1C(C)(O)c1ccc2ncccc2c1. The minimum atomic E-state index is -1.00. The molecular formula is C18H17NO. The molecule has 0 saturated carbocycles. The second kappa shape index (κ2) is 4.73. The molecule has 0 spiro atoms. The fourth-order valence-electron chi connectivity index (χ4n) is 2.65. The van der Waals surface area contributed by atoms with Crippen LogP contribution < -0.4 is 0 Å². The zero-order valence-corrected chi connectivity index (χ0v) is 11.7. The predicted molar refractivity (Wildman–Crippen MR) is 81.6 cm³/mol. The smallest absolute Gasteiger partial charge is 0.112 e. The summed E-state index contributed by atoms with van der Waals surface area (Å²) in [5, 5.41) is 12.0. The highest BCUT2D eigenvalue weighted by atomic mass is 16.3. The van der Waals surface area contributed by atoms with E-state index in [4.69, 9.17) is 0 Å². The summed E-state index contributed by atoms with van der Waals surface area (Å²) < 4.78 is 0. The Hall–Kier alpha value is -2.19. The Morgan fingerprint density at radius 3 is 2.60 bits per heavy atom. The van der Waals surface area contributed by atoms with Gasteiger partial charge in [-0.2, -0.15) is 0 Å². The number of hydrogen-bond donors (Lipinski definition) is 1. The van der Waals surface area contributed by atoms with Gasteiger partial charge in [0.2, 0.25) is 0 Å². The first-order valence-corrected chi connectivity index (χ1v) is 6.73. The maximum atomic E-state index is 11.0. The van der Waals surface area contributed by atoms with Crippen LogP contribution in [0.2, 0.25) is 0 Å². The maximum Gasteiger partial charge on any atom is 0.112 e. The van der Waals surface area contributed by atoms with Crippen LogP contribution in [0.3, 0.4) is 0 Å². The van der Waals surface area contributed by atoms with Crippen molar-refractivity contribution >= 4 is 10.9 Å². The fraction of sp³-hybridized carbons (Fsp3) is 0.167. The number of fused-ring (bicyclic) bond motifs is 1. The quantitative estimate of drug-likeness (QED) is 0.763. The Balaban J connectivity index is 2.16. The second-order valence-corrected chi connectivity index (χ2v) is 5.30. The van der Waals surface area contributed by atoms with E-state index in [9.17, 15) is 5.11 Å². The van der Waals surface area contributed by atoms with Crippen LogP contribution in [0.25, 0.3) is 10.9 Å². The van der Waals surface area contributed by atoms with Crippen molar-refractivity contribution in [1.82, 2.24) is 4.98 Å². The van der Waals surface area contributed by atoms with Crippen molar-refractivity contribution in [2.24, 2.45) is 0 Å². The summed E-state index contributed by atoms with van der Waals surface area (Å²) in [6.07, 6.45) is 1.78. The van der Waals surface area contributed by atoms with Crippen LogP contribution in [0, 0.1) is 6.92 Å². The highest BCUT2D eigenvalue weighted by molar-refractivity contribution is 5.79. The van der Waals surface area contributed by atoms with E-state index in [0.717, 1.165) is 27.6 Å². The summed E-state index contributed by atoms with van der Waals surface area (Å²) >= 11 is 0. The number of aromatic nitrogens is 1. The maximum absolute atomic E-state index is 11.0. The molecule has 2 nitrogen and oxygen atoms in total. The van der Waals surface area contributed by atoms with Gasteiger partial charge in [0.05, 0.1) is 5.52 Å². The van der Waals surface area contributed by atoms with E-state index in [0.29, 0.717) is 0 Å². The lowest BCUT2D eigenvalue weighted by Crippen LogP contribution is -2.23. The molecular weight excluding hydrogens is 246 g/mol. The van der Waals surface area contributed by atoms with Gasteiger partial charge in [-0.05, 0) is 48.7 Å². The van der Waals surface area contributed by atoms with Gasteiger partial charge in [0.1, 0.15) is 5.60 Å². The summed E-state index contributed by atoms with van der Waals surface area (Å²) in [6, 6.07) is 17.8. The molecule has 3 aromatic rings. The largest absolute Gasteiger partial charge is 0.381 e. The van der Waals surface area contributed by atoms with Gasteiger partial charge >= 0.3 is 0 Å². The van der Waals surface area contributed by atoms with E-state index in [-0.39, 0.29) is 0 Å². The third kappa shape index (κ3) is 2.08. The zero-order chi connectivity index (χ0) is 14.2.